The first kappa shape index (κ1) is 9.73. The van der Waals surface area contributed by atoms with Crippen LogP contribution < -0.4 is 0 Å². The van der Waals surface area contributed by atoms with E-state index in [4.69, 9.17) is 5.11 Å². The normalized spacial score (nSPS) is 14.3. The van der Waals surface area contributed by atoms with Crippen molar-refractivity contribution in [2.45, 2.75) is 13.3 Å². The van der Waals surface area contributed by atoms with Crippen molar-refractivity contribution in [3.63, 3.8) is 0 Å². The van der Waals surface area contributed by atoms with E-state index in [0.717, 1.165) is 0 Å². The van der Waals surface area contributed by atoms with Crippen molar-refractivity contribution < 1.29 is 9.90 Å². The molecule has 0 rings (SSSR count). The Hall–Kier alpha value is -1.27. The number of aliphatic carboxylic acids is 1. The van der Waals surface area contributed by atoms with E-state index in [0.29, 0.717) is 6.42 Å². The summed E-state index contributed by atoms with van der Waals surface area (Å²) in [5.41, 5.74) is 1.57. The standard InChI is InChI=1S/C9H12O2/c1-4-6-9(3,7-5-2)8(10)11/h4,7H,1-2,6H2,3H3,(H,10,11). The van der Waals surface area contributed by atoms with E-state index in [9.17, 15) is 4.79 Å². The largest absolute Gasteiger partial charge is 0.481 e. The molecule has 0 fully saturated rings. The molecule has 0 spiro atoms. The van der Waals surface area contributed by atoms with E-state index < -0.39 is 11.4 Å². The van der Waals surface area contributed by atoms with Gasteiger partial charge in [0, 0.05) is 0 Å². The molecule has 2 nitrogen and oxygen atoms in total. The monoisotopic (exact) mass is 152 g/mol. The summed E-state index contributed by atoms with van der Waals surface area (Å²) in [4.78, 5) is 10.7. The molecule has 0 aliphatic heterocycles. The van der Waals surface area contributed by atoms with E-state index in [2.05, 4.69) is 18.9 Å². The lowest BCUT2D eigenvalue weighted by Crippen LogP contribution is -2.23. The first-order valence-corrected chi connectivity index (χ1v) is 3.28. The molecule has 0 saturated heterocycles. The van der Waals surface area contributed by atoms with E-state index >= 15 is 0 Å². The van der Waals surface area contributed by atoms with Gasteiger partial charge in [-0.25, -0.2) is 0 Å². The maximum atomic E-state index is 10.7. The third-order valence-electron chi connectivity index (χ3n) is 1.48. The summed E-state index contributed by atoms with van der Waals surface area (Å²) in [5.74, 6) is -0.881. The second kappa shape index (κ2) is 3.79. The van der Waals surface area contributed by atoms with Gasteiger partial charge in [0.1, 0.15) is 0 Å². The molecule has 0 aliphatic carbocycles. The fraction of sp³-hybridized carbons (Fsp3) is 0.333. The minimum Gasteiger partial charge on any atom is -0.481 e. The highest BCUT2D eigenvalue weighted by Crippen LogP contribution is 2.23. The van der Waals surface area contributed by atoms with Crippen LogP contribution in [0.4, 0.5) is 0 Å². The number of hydrogen-bond donors (Lipinski definition) is 1. The van der Waals surface area contributed by atoms with Crippen molar-refractivity contribution in [3.8, 4) is 0 Å². The molecule has 0 aromatic carbocycles. The molecule has 0 amide bonds. The summed E-state index contributed by atoms with van der Waals surface area (Å²) in [6.45, 7) is 8.42. The van der Waals surface area contributed by atoms with Gasteiger partial charge in [-0.1, -0.05) is 12.7 Å². The molecule has 1 unspecified atom stereocenters. The van der Waals surface area contributed by atoms with Crippen molar-refractivity contribution in [2.75, 3.05) is 0 Å². The Morgan fingerprint density at radius 2 is 2.36 bits per heavy atom. The molecular formula is C9H12O2. The van der Waals surface area contributed by atoms with Gasteiger partial charge in [-0.3, -0.25) is 4.79 Å². The highest BCUT2D eigenvalue weighted by molar-refractivity contribution is 5.76. The van der Waals surface area contributed by atoms with Gasteiger partial charge in [-0.15, -0.1) is 12.3 Å². The van der Waals surface area contributed by atoms with Gasteiger partial charge >= 0.3 is 5.97 Å². The number of hydrogen-bond acceptors (Lipinski definition) is 1. The SMILES string of the molecule is C=C=CC(C)(CC=C)C(=O)O. The van der Waals surface area contributed by atoms with Crippen LogP contribution >= 0.6 is 0 Å². The quantitative estimate of drug-likeness (QED) is 0.494. The zero-order chi connectivity index (χ0) is 8.91. The summed E-state index contributed by atoms with van der Waals surface area (Å²) in [5, 5.41) is 8.75. The zero-order valence-electron chi connectivity index (χ0n) is 6.63. The Labute approximate surface area is 66.5 Å². The Kier molecular flexibility index (Phi) is 3.35. The van der Waals surface area contributed by atoms with E-state index in [1.165, 1.54) is 6.08 Å². The second-order valence-electron chi connectivity index (χ2n) is 2.56. The predicted molar refractivity (Wildman–Crippen MR) is 44.3 cm³/mol. The summed E-state index contributed by atoms with van der Waals surface area (Å²) < 4.78 is 0. The Bertz CT molecular complexity index is 208. The van der Waals surface area contributed by atoms with Crippen molar-refractivity contribution in [1.29, 1.82) is 0 Å². The fourth-order valence-electron chi connectivity index (χ4n) is 0.733. The Morgan fingerprint density at radius 3 is 2.64 bits per heavy atom. The number of allylic oxidation sites excluding steroid dienone is 1. The molecule has 0 bridgehead atoms. The van der Waals surface area contributed by atoms with Crippen LogP contribution in [0, 0.1) is 5.41 Å². The fourth-order valence-corrected chi connectivity index (χ4v) is 0.733. The molecule has 1 atom stereocenters. The number of carboxylic acids is 1. The van der Waals surface area contributed by atoms with E-state index in [1.54, 1.807) is 13.0 Å². The number of carbonyl (C=O) groups is 1. The molecule has 0 aromatic heterocycles. The van der Waals surface area contributed by atoms with Crippen LogP contribution in [0.25, 0.3) is 0 Å². The van der Waals surface area contributed by atoms with Crippen LogP contribution in [0.3, 0.4) is 0 Å². The third-order valence-corrected chi connectivity index (χ3v) is 1.48. The van der Waals surface area contributed by atoms with Gasteiger partial charge in [-0.2, -0.15) is 0 Å². The van der Waals surface area contributed by atoms with E-state index in [1.807, 2.05) is 0 Å². The average Bonchev–Trinajstić information content (AvgIpc) is 1.88. The topological polar surface area (TPSA) is 37.3 Å². The first-order valence-electron chi connectivity index (χ1n) is 3.28. The smallest absolute Gasteiger partial charge is 0.314 e. The van der Waals surface area contributed by atoms with Crippen molar-refractivity contribution in [2.24, 2.45) is 5.41 Å². The Balaban J connectivity index is 4.64. The third kappa shape index (κ3) is 2.44. The molecule has 0 radical (unpaired) electrons. The van der Waals surface area contributed by atoms with Gasteiger partial charge < -0.3 is 5.11 Å². The first-order chi connectivity index (χ1) is 5.06. The maximum Gasteiger partial charge on any atom is 0.314 e. The second-order valence-corrected chi connectivity index (χ2v) is 2.56. The number of rotatable bonds is 4. The minimum atomic E-state index is -0.899. The Morgan fingerprint density at radius 1 is 1.82 bits per heavy atom. The molecule has 0 heterocycles. The van der Waals surface area contributed by atoms with Crippen LogP contribution in [-0.2, 0) is 4.79 Å². The minimum absolute atomic E-state index is 0.394. The molecule has 1 N–H and O–H groups in total. The summed E-state index contributed by atoms with van der Waals surface area (Å²) in [6.07, 6.45) is 3.41. The zero-order valence-corrected chi connectivity index (χ0v) is 6.63. The van der Waals surface area contributed by atoms with Gasteiger partial charge in [-0.05, 0) is 19.4 Å². The summed E-state index contributed by atoms with van der Waals surface area (Å²) in [6, 6.07) is 0. The highest BCUT2D eigenvalue weighted by atomic mass is 16.4. The number of carboxylic acid groups (broad SMARTS) is 1. The van der Waals surface area contributed by atoms with Crippen LogP contribution in [0.2, 0.25) is 0 Å². The molecular weight excluding hydrogens is 140 g/mol. The van der Waals surface area contributed by atoms with E-state index in [-0.39, 0.29) is 0 Å². The lowest BCUT2D eigenvalue weighted by molar-refractivity contribution is -0.144. The predicted octanol–water partition coefficient (Wildman–Crippen LogP) is 1.99. The molecule has 60 valence electrons. The lowest BCUT2D eigenvalue weighted by atomic mass is 9.87. The van der Waals surface area contributed by atoms with Gasteiger partial charge in [0.05, 0.1) is 5.41 Å². The maximum absolute atomic E-state index is 10.7. The molecule has 11 heavy (non-hydrogen) atoms. The van der Waals surface area contributed by atoms with Crippen molar-refractivity contribution >= 4 is 5.97 Å². The molecule has 0 saturated carbocycles. The summed E-state index contributed by atoms with van der Waals surface area (Å²) in [7, 11) is 0. The van der Waals surface area contributed by atoms with Crippen LogP contribution in [0.5, 0.6) is 0 Å². The van der Waals surface area contributed by atoms with Crippen molar-refractivity contribution in [1.82, 2.24) is 0 Å². The van der Waals surface area contributed by atoms with Crippen molar-refractivity contribution in [3.05, 3.63) is 31.0 Å². The van der Waals surface area contributed by atoms with Crippen LogP contribution in [0.1, 0.15) is 13.3 Å². The molecule has 0 aromatic rings. The van der Waals surface area contributed by atoms with Gasteiger partial charge in [0.2, 0.25) is 0 Å². The average molecular weight is 152 g/mol. The summed E-state index contributed by atoms with van der Waals surface area (Å²) >= 11 is 0. The van der Waals surface area contributed by atoms with Crippen LogP contribution in [-0.4, -0.2) is 11.1 Å². The van der Waals surface area contributed by atoms with Gasteiger partial charge in [0.15, 0.2) is 0 Å². The molecule has 2 heteroatoms. The lowest BCUT2D eigenvalue weighted by Gasteiger charge is -2.16. The van der Waals surface area contributed by atoms with Crippen LogP contribution in [0.15, 0.2) is 31.0 Å². The van der Waals surface area contributed by atoms with Gasteiger partial charge in [0.25, 0.3) is 0 Å². The highest BCUT2D eigenvalue weighted by Gasteiger charge is 2.28. The molecule has 0 aliphatic rings.